The summed E-state index contributed by atoms with van der Waals surface area (Å²) in [5.74, 6) is -1.09. The minimum Gasteiger partial charge on any atom is -0.455 e. The molecule has 0 fully saturated rings. The van der Waals surface area contributed by atoms with Crippen molar-refractivity contribution in [3.05, 3.63) is 54.4 Å². The van der Waals surface area contributed by atoms with Crippen LogP contribution in [0.4, 0.5) is 13.2 Å². The molecule has 0 aliphatic heterocycles. The van der Waals surface area contributed by atoms with E-state index in [1.807, 2.05) is 30.3 Å². The molecule has 0 saturated heterocycles. The molecule has 4 nitrogen and oxygen atoms in total. The zero-order valence-corrected chi connectivity index (χ0v) is 14.5. The van der Waals surface area contributed by atoms with E-state index in [1.165, 1.54) is 6.20 Å². The zero-order chi connectivity index (χ0) is 16.9. The van der Waals surface area contributed by atoms with Crippen LogP contribution >= 0.6 is 24.8 Å². The Balaban J connectivity index is 0.00000288. The van der Waals surface area contributed by atoms with Crippen LogP contribution in [-0.4, -0.2) is 29.8 Å². The molecule has 1 aromatic heterocycles. The van der Waals surface area contributed by atoms with Crippen molar-refractivity contribution in [3.63, 3.8) is 0 Å². The van der Waals surface area contributed by atoms with Gasteiger partial charge in [0.25, 0.3) is 0 Å². The largest absolute Gasteiger partial charge is 0.455 e. The number of pyridine rings is 1. The van der Waals surface area contributed by atoms with Crippen LogP contribution in [0.3, 0.4) is 0 Å². The molecule has 2 rings (SSSR count). The highest BCUT2D eigenvalue weighted by Gasteiger charge is 2.30. The Bertz CT molecular complexity index is 670. The normalized spacial score (nSPS) is 11.7. The average molecular weight is 397 g/mol. The summed E-state index contributed by atoms with van der Waals surface area (Å²) in [7, 11) is 0. The fourth-order valence-corrected chi connectivity index (χ4v) is 1.98. The molecule has 0 aliphatic rings. The Morgan fingerprint density at radius 1 is 1.12 bits per heavy atom. The smallest absolute Gasteiger partial charge is 0.422 e. The van der Waals surface area contributed by atoms with Crippen LogP contribution in [0.2, 0.25) is 0 Å². The van der Waals surface area contributed by atoms with Crippen LogP contribution in [0.1, 0.15) is 5.56 Å². The standard InChI is InChI=1S/C16H15F3N2O2.2ClH/c17-16(18,19)10-23-15(22)14(20)7-11-6-13(9-21-8-11)12-4-2-1-3-5-12;;/h1-6,8-9,14H,7,10,20H2;2*1H/t14-;;/m0../s1. The van der Waals surface area contributed by atoms with Gasteiger partial charge in [0.15, 0.2) is 6.61 Å². The minimum absolute atomic E-state index is 0. The summed E-state index contributed by atoms with van der Waals surface area (Å²) in [5.41, 5.74) is 8.01. The van der Waals surface area contributed by atoms with E-state index in [9.17, 15) is 18.0 Å². The third-order valence-corrected chi connectivity index (χ3v) is 3.04. The van der Waals surface area contributed by atoms with Crippen molar-refractivity contribution >= 4 is 30.8 Å². The maximum absolute atomic E-state index is 12.0. The van der Waals surface area contributed by atoms with Gasteiger partial charge < -0.3 is 10.5 Å². The van der Waals surface area contributed by atoms with Crippen LogP contribution in [0, 0.1) is 0 Å². The van der Waals surface area contributed by atoms with Gasteiger partial charge in [0.05, 0.1) is 0 Å². The number of alkyl halides is 3. The SMILES string of the molecule is Cl.Cl.N[C@@H](Cc1cncc(-c2ccccc2)c1)C(=O)OCC(F)(F)F. The highest BCUT2D eigenvalue weighted by molar-refractivity contribution is 5.85. The molecule has 2 N–H and O–H groups in total. The van der Waals surface area contributed by atoms with E-state index < -0.39 is 24.8 Å². The number of benzene rings is 1. The lowest BCUT2D eigenvalue weighted by Crippen LogP contribution is -2.36. The van der Waals surface area contributed by atoms with Gasteiger partial charge in [0, 0.05) is 18.0 Å². The van der Waals surface area contributed by atoms with Crippen LogP contribution in [0.15, 0.2) is 48.8 Å². The third kappa shape index (κ3) is 7.72. The molecule has 2 aromatic rings. The predicted octanol–water partition coefficient (Wildman–Crippen LogP) is 3.57. The van der Waals surface area contributed by atoms with Crippen molar-refractivity contribution in [1.82, 2.24) is 4.98 Å². The van der Waals surface area contributed by atoms with Gasteiger partial charge in [-0.2, -0.15) is 13.2 Å². The Morgan fingerprint density at radius 3 is 2.36 bits per heavy atom. The second-order valence-electron chi connectivity index (χ2n) is 4.98. The van der Waals surface area contributed by atoms with Crippen LogP contribution in [0.25, 0.3) is 11.1 Å². The van der Waals surface area contributed by atoms with E-state index in [1.54, 1.807) is 12.3 Å². The first-order valence-corrected chi connectivity index (χ1v) is 6.83. The minimum atomic E-state index is -4.57. The van der Waals surface area contributed by atoms with Crippen molar-refractivity contribution in [2.24, 2.45) is 5.73 Å². The summed E-state index contributed by atoms with van der Waals surface area (Å²) in [6, 6.07) is 10.1. The lowest BCUT2D eigenvalue weighted by Gasteiger charge is -2.13. The van der Waals surface area contributed by atoms with E-state index in [4.69, 9.17) is 5.73 Å². The van der Waals surface area contributed by atoms with Crippen molar-refractivity contribution < 1.29 is 22.7 Å². The fourth-order valence-electron chi connectivity index (χ4n) is 1.98. The molecule has 138 valence electrons. The van der Waals surface area contributed by atoms with Crippen LogP contribution in [-0.2, 0) is 16.0 Å². The van der Waals surface area contributed by atoms with Crippen LogP contribution < -0.4 is 5.73 Å². The number of ether oxygens (including phenoxy) is 1. The number of nitrogens with two attached hydrogens (primary N) is 1. The average Bonchev–Trinajstić information content (AvgIpc) is 2.53. The van der Waals surface area contributed by atoms with Crippen molar-refractivity contribution in [2.75, 3.05) is 6.61 Å². The van der Waals surface area contributed by atoms with Gasteiger partial charge in [-0.1, -0.05) is 30.3 Å². The van der Waals surface area contributed by atoms with E-state index >= 15 is 0 Å². The summed E-state index contributed by atoms with van der Waals surface area (Å²) in [5, 5.41) is 0. The van der Waals surface area contributed by atoms with E-state index in [0.717, 1.165) is 11.1 Å². The number of carbonyl (C=O) groups excluding carboxylic acids is 1. The highest BCUT2D eigenvalue weighted by Crippen LogP contribution is 2.19. The second kappa shape index (κ2) is 10.2. The Kier molecular flexibility index (Phi) is 9.48. The molecule has 9 heteroatoms. The number of aromatic nitrogens is 1. The number of rotatable bonds is 5. The molecular weight excluding hydrogens is 380 g/mol. The zero-order valence-electron chi connectivity index (χ0n) is 12.9. The molecule has 0 spiro atoms. The summed E-state index contributed by atoms with van der Waals surface area (Å²) in [4.78, 5) is 15.6. The first-order valence-electron chi connectivity index (χ1n) is 6.83. The third-order valence-electron chi connectivity index (χ3n) is 3.04. The van der Waals surface area contributed by atoms with Gasteiger partial charge >= 0.3 is 12.1 Å². The lowest BCUT2D eigenvalue weighted by molar-refractivity contribution is -0.187. The Morgan fingerprint density at radius 2 is 1.76 bits per heavy atom. The Labute approximate surface area is 155 Å². The molecule has 0 radical (unpaired) electrons. The van der Waals surface area contributed by atoms with Crippen molar-refractivity contribution in [1.29, 1.82) is 0 Å². The molecule has 25 heavy (non-hydrogen) atoms. The number of esters is 1. The molecule has 0 aliphatic carbocycles. The van der Waals surface area contributed by atoms with E-state index in [0.29, 0.717) is 5.56 Å². The van der Waals surface area contributed by atoms with Crippen molar-refractivity contribution in [3.8, 4) is 11.1 Å². The first kappa shape index (κ1) is 23.2. The molecule has 0 amide bonds. The molecule has 1 atom stereocenters. The van der Waals surface area contributed by atoms with Gasteiger partial charge in [-0.15, -0.1) is 24.8 Å². The second-order valence-corrected chi connectivity index (χ2v) is 4.98. The van der Waals surface area contributed by atoms with Gasteiger partial charge in [-0.05, 0) is 23.6 Å². The quantitative estimate of drug-likeness (QED) is 0.784. The summed E-state index contributed by atoms with van der Waals surface area (Å²) in [6.45, 7) is -1.64. The molecule has 0 saturated carbocycles. The fraction of sp³-hybridized carbons (Fsp3) is 0.250. The number of nitrogens with zero attached hydrogens (tertiary/aromatic N) is 1. The Hall–Kier alpha value is -1.83. The monoisotopic (exact) mass is 396 g/mol. The number of hydrogen-bond donors (Lipinski definition) is 1. The predicted molar refractivity (Wildman–Crippen MR) is 92.9 cm³/mol. The number of carbonyl (C=O) groups is 1. The number of halogens is 5. The van der Waals surface area contributed by atoms with Crippen molar-refractivity contribution in [2.45, 2.75) is 18.6 Å². The molecular formula is C16H17Cl2F3N2O2. The molecule has 0 bridgehead atoms. The van der Waals surface area contributed by atoms with Gasteiger partial charge in [-0.3, -0.25) is 9.78 Å². The highest BCUT2D eigenvalue weighted by atomic mass is 35.5. The molecule has 0 unspecified atom stereocenters. The topological polar surface area (TPSA) is 65.2 Å². The summed E-state index contributed by atoms with van der Waals surface area (Å²) >= 11 is 0. The summed E-state index contributed by atoms with van der Waals surface area (Å²) < 4.78 is 40.2. The summed E-state index contributed by atoms with van der Waals surface area (Å²) in [6.07, 6.45) is -1.34. The van der Waals surface area contributed by atoms with Gasteiger partial charge in [-0.25, -0.2) is 0 Å². The van der Waals surface area contributed by atoms with E-state index in [-0.39, 0.29) is 31.2 Å². The first-order chi connectivity index (χ1) is 10.8. The maximum atomic E-state index is 12.0. The molecule has 1 heterocycles. The lowest BCUT2D eigenvalue weighted by atomic mass is 10.0. The molecule has 1 aromatic carbocycles. The van der Waals surface area contributed by atoms with E-state index in [2.05, 4.69) is 9.72 Å². The van der Waals surface area contributed by atoms with Gasteiger partial charge in [0.1, 0.15) is 6.04 Å². The maximum Gasteiger partial charge on any atom is 0.422 e. The van der Waals surface area contributed by atoms with Gasteiger partial charge in [0.2, 0.25) is 0 Å². The number of hydrogen-bond acceptors (Lipinski definition) is 4. The van der Waals surface area contributed by atoms with Crippen LogP contribution in [0.5, 0.6) is 0 Å².